The van der Waals surface area contributed by atoms with Crippen molar-refractivity contribution in [3.8, 4) is 0 Å². The third kappa shape index (κ3) is 2.90. The Morgan fingerprint density at radius 1 is 1.17 bits per heavy atom. The van der Waals surface area contributed by atoms with Crippen molar-refractivity contribution in [2.75, 3.05) is 11.1 Å². The predicted molar refractivity (Wildman–Crippen MR) is 77.7 cm³/mol. The second-order valence-electron chi connectivity index (χ2n) is 4.04. The Labute approximate surface area is 114 Å². The molecule has 0 radical (unpaired) electrons. The van der Waals surface area contributed by atoms with Crippen LogP contribution in [0.25, 0.3) is 0 Å². The molecule has 0 aliphatic rings. The van der Waals surface area contributed by atoms with Crippen LogP contribution in [0.4, 0.5) is 11.4 Å². The van der Waals surface area contributed by atoms with Crippen molar-refractivity contribution in [3.05, 3.63) is 58.1 Å². The maximum Gasteiger partial charge on any atom is 0.255 e. The molecule has 0 atom stereocenters. The molecule has 0 aliphatic carbocycles. The molecule has 0 spiro atoms. The molecule has 0 saturated carbocycles. The van der Waals surface area contributed by atoms with Gasteiger partial charge in [-0.3, -0.25) is 4.79 Å². The molecule has 0 saturated heterocycles. The molecule has 3 nitrogen and oxygen atoms in total. The number of benzene rings is 2. The first-order valence-electron chi connectivity index (χ1n) is 5.49. The van der Waals surface area contributed by atoms with E-state index in [1.165, 1.54) is 0 Å². The van der Waals surface area contributed by atoms with Crippen molar-refractivity contribution in [1.29, 1.82) is 0 Å². The van der Waals surface area contributed by atoms with Gasteiger partial charge in [-0.25, -0.2) is 0 Å². The zero-order valence-corrected chi connectivity index (χ0v) is 11.5. The molecule has 18 heavy (non-hydrogen) atoms. The highest BCUT2D eigenvalue weighted by Gasteiger charge is 2.07. The monoisotopic (exact) mass is 304 g/mol. The molecule has 1 amide bonds. The largest absolute Gasteiger partial charge is 0.399 e. The maximum atomic E-state index is 12.0. The number of carbonyl (C=O) groups is 1. The smallest absolute Gasteiger partial charge is 0.255 e. The molecule has 92 valence electrons. The second-order valence-corrected chi connectivity index (χ2v) is 4.89. The van der Waals surface area contributed by atoms with Gasteiger partial charge in [-0.1, -0.05) is 22.0 Å². The van der Waals surface area contributed by atoms with Gasteiger partial charge in [0.15, 0.2) is 0 Å². The SMILES string of the molecule is Cc1ccc(C(=O)Nc2ccc(N)cc2)cc1Br. The van der Waals surface area contributed by atoms with Crippen LogP contribution in [0.3, 0.4) is 0 Å². The lowest BCUT2D eigenvalue weighted by atomic mass is 10.1. The van der Waals surface area contributed by atoms with Crippen LogP contribution in [-0.4, -0.2) is 5.91 Å². The highest BCUT2D eigenvalue weighted by Crippen LogP contribution is 2.19. The molecule has 2 aromatic carbocycles. The Bertz CT molecular complexity index is 579. The molecule has 4 heteroatoms. The van der Waals surface area contributed by atoms with Crippen molar-refractivity contribution < 1.29 is 4.79 Å². The molecule has 0 heterocycles. The fourth-order valence-corrected chi connectivity index (χ4v) is 1.88. The third-order valence-corrected chi connectivity index (χ3v) is 3.46. The van der Waals surface area contributed by atoms with Gasteiger partial charge in [0.05, 0.1) is 0 Å². The number of rotatable bonds is 2. The lowest BCUT2D eigenvalue weighted by Crippen LogP contribution is -2.11. The first kappa shape index (κ1) is 12.6. The maximum absolute atomic E-state index is 12.0. The predicted octanol–water partition coefficient (Wildman–Crippen LogP) is 3.59. The summed E-state index contributed by atoms with van der Waals surface area (Å²) in [5.41, 5.74) is 8.70. The first-order chi connectivity index (χ1) is 8.56. The number of nitrogens with one attached hydrogen (secondary N) is 1. The zero-order chi connectivity index (χ0) is 13.1. The van der Waals surface area contributed by atoms with Crippen LogP contribution >= 0.6 is 15.9 Å². The summed E-state index contributed by atoms with van der Waals surface area (Å²) in [6.45, 7) is 1.98. The standard InChI is InChI=1S/C14H13BrN2O/c1-9-2-3-10(8-13(9)15)14(18)17-12-6-4-11(16)5-7-12/h2-8H,16H2,1H3,(H,17,18). The molecular formula is C14H13BrN2O. The van der Waals surface area contributed by atoms with Gasteiger partial charge in [0.25, 0.3) is 5.91 Å². The fourth-order valence-electron chi connectivity index (χ4n) is 1.50. The van der Waals surface area contributed by atoms with Crippen LogP contribution in [0.15, 0.2) is 46.9 Å². The van der Waals surface area contributed by atoms with E-state index in [1.54, 1.807) is 30.3 Å². The van der Waals surface area contributed by atoms with Gasteiger partial charge in [-0.2, -0.15) is 0 Å². The van der Waals surface area contributed by atoms with E-state index in [1.807, 2.05) is 19.1 Å². The summed E-state index contributed by atoms with van der Waals surface area (Å²) in [6.07, 6.45) is 0. The minimum absolute atomic E-state index is 0.138. The van der Waals surface area contributed by atoms with E-state index in [0.29, 0.717) is 11.3 Å². The average molecular weight is 305 g/mol. The molecule has 0 aromatic heterocycles. The number of anilines is 2. The second kappa shape index (κ2) is 5.23. The summed E-state index contributed by atoms with van der Waals surface area (Å²) in [7, 11) is 0. The van der Waals surface area contributed by atoms with E-state index in [2.05, 4.69) is 21.2 Å². The Morgan fingerprint density at radius 3 is 2.44 bits per heavy atom. The van der Waals surface area contributed by atoms with Crippen molar-refractivity contribution in [2.24, 2.45) is 0 Å². The van der Waals surface area contributed by atoms with Crippen LogP contribution in [-0.2, 0) is 0 Å². The summed E-state index contributed by atoms with van der Waals surface area (Å²) in [5, 5.41) is 2.82. The quantitative estimate of drug-likeness (QED) is 0.833. The third-order valence-electron chi connectivity index (χ3n) is 2.60. The van der Waals surface area contributed by atoms with E-state index in [9.17, 15) is 4.79 Å². The summed E-state index contributed by atoms with van der Waals surface area (Å²) in [6, 6.07) is 12.6. The Balaban J connectivity index is 2.16. The first-order valence-corrected chi connectivity index (χ1v) is 6.28. The van der Waals surface area contributed by atoms with Crippen LogP contribution in [0.1, 0.15) is 15.9 Å². The molecule has 0 bridgehead atoms. The van der Waals surface area contributed by atoms with Gasteiger partial charge in [0, 0.05) is 21.4 Å². The van der Waals surface area contributed by atoms with Crippen LogP contribution in [0.2, 0.25) is 0 Å². The van der Waals surface area contributed by atoms with Gasteiger partial charge in [-0.05, 0) is 48.9 Å². The fraction of sp³-hybridized carbons (Fsp3) is 0.0714. The molecule has 0 fully saturated rings. The van der Waals surface area contributed by atoms with Gasteiger partial charge in [-0.15, -0.1) is 0 Å². The van der Waals surface area contributed by atoms with E-state index in [4.69, 9.17) is 5.73 Å². The van der Waals surface area contributed by atoms with E-state index in [-0.39, 0.29) is 5.91 Å². The van der Waals surface area contributed by atoms with E-state index < -0.39 is 0 Å². The Hall–Kier alpha value is -1.81. The van der Waals surface area contributed by atoms with Crippen molar-refractivity contribution >= 4 is 33.2 Å². The summed E-state index contributed by atoms with van der Waals surface area (Å²) >= 11 is 3.41. The molecule has 0 aliphatic heterocycles. The van der Waals surface area contributed by atoms with Crippen LogP contribution in [0.5, 0.6) is 0 Å². The number of hydrogen-bond acceptors (Lipinski definition) is 2. The van der Waals surface area contributed by atoms with Gasteiger partial charge < -0.3 is 11.1 Å². The Kier molecular flexibility index (Phi) is 3.67. The van der Waals surface area contributed by atoms with Crippen LogP contribution < -0.4 is 11.1 Å². The van der Waals surface area contributed by atoms with Gasteiger partial charge in [0.1, 0.15) is 0 Å². The lowest BCUT2D eigenvalue weighted by Gasteiger charge is -2.07. The minimum atomic E-state index is -0.138. The van der Waals surface area contributed by atoms with Crippen molar-refractivity contribution in [2.45, 2.75) is 6.92 Å². The average Bonchev–Trinajstić information content (AvgIpc) is 2.35. The lowest BCUT2D eigenvalue weighted by molar-refractivity contribution is 0.102. The highest BCUT2D eigenvalue weighted by atomic mass is 79.9. The molecular weight excluding hydrogens is 292 g/mol. The van der Waals surface area contributed by atoms with E-state index >= 15 is 0 Å². The number of aryl methyl sites for hydroxylation is 1. The number of carbonyl (C=O) groups excluding carboxylic acids is 1. The summed E-state index contributed by atoms with van der Waals surface area (Å²) < 4.78 is 0.924. The van der Waals surface area contributed by atoms with Crippen molar-refractivity contribution in [1.82, 2.24) is 0 Å². The molecule has 2 rings (SSSR count). The number of hydrogen-bond donors (Lipinski definition) is 2. The normalized spacial score (nSPS) is 10.1. The minimum Gasteiger partial charge on any atom is -0.399 e. The molecule has 3 N–H and O–H groups in total. The highest BCUT2D eigenvalue weighted by molar-refractivity contribution is 9.10. The molecule has 2 aromatic rings. The zero-order valence-electron chi connectivity index (χ0n) is 9.91. The van der Waals surface area contributed by atoms with Crippen molar-refractivity contribution in [3.63, 3.8) is 0 Å². The van der Waals surface area contributed by atoms with Gasteiger partial charge in [0.2, 0.25) is 0 Å². The number of amides is 1. The van der Waals surface area contributed by atoms with E-state index in [0.717, 1.165) is 15.7 Å². The van der Waals surface area contributed by atoms with Crippen LogP contribution in [0, 0.1) is 6.92 Å². The summed E-state index contributed by atoms with van der Waals surface area (Å²) in [5.74, 6) is -0.138. The topological polar surface area (TPSA) is 55.1 Å². The number of nitrogen functional groups attached to an aromatic ring is 1. The molecule has 0 unspecified atom stereocenters. The summed E-state index contributed by atoms with van der Waals surface area (Å²) in [4.78, 5) is 12.0. The Morgan fingerprint density at radius 2 is 1.83 bits per heavy atom. The number of nitrogens with two attached hydrogens (primary N) is 1. The van der Waals surface area contributed by atoms with Gasteiger partial charge >= 0.3 is 0 Å². The number of halogens is 1.